The van der Waals surface area contributed by atoms with Gasteiger partial charge in [-0.3, -0.25) is 0 Å². The molecule has 13 heavy (non-hydrogen) atoms. The Hall–Kier alpha value is -1.03. The molecule has 2 nitrogen and oxygen atoms in total. The van der Waals surface area contributed by atoms with E-state index in [1.807, 2.05) is 0 Å². The Bertz CT molecular complexity index is 278. The quantitative estimate of drug-likeness (QED) is 0.500. The Labute approximate surface area is 78.1 Å². The van der Waals surface area contributed by atoms with Gasteiger partial charge in [0.25, 0.3) is 0 Å². The summed E-state index contributed by atoms with van der Waals surface area (Å²) in [5, 5.41) is 0. The predicted octanol–water partition coefficient (Wildman–Crippen LogP) is 0.645. The second kappa shape index (κ2) is 4.87. The number of ether oxygens (including phenoxy) is 2. The summed E-state index contributed by atoms with van der Waals surface area (Å²) in [6, 6.07) is 4.01. The van der Waals surface area contributed by atoms with Crippen LogP contribution in [0.4, 0.5) is 4.39 Å². The molecule has 0 aromatic heterocycles. The fraction of sp³-hybridized carbons (Fsp3) is 0.333. The third-order valence-electron chi connectivity index (χ3n) is 1.52. The molecular formula is C9H10BFO2. The number of methoxy groups -OCH3 is 1. The zero-order chi connectivity index (χ0) is 9.68. The monoisotopic (exact) mass is 180 g/mol. The maximum atomic E-state index is 12.7. The Kier molecular flexibility index (Phi) is 3.77. The molecule has 0 saturated heterocycles. The van der Waals surface area contributed by atoms with E-state index in [1.54, 1.807) is 7.11 Å². The molecule has 0 saturated carbocycles. The van der Waals surface area contributed by atoms with Crippen LogP contribution in [0.1, 0.15) is 0 Å². The van der Waals surface area contributed by atoms with Crippen LogP contribution < -0.4 is 10.2 Å². The van der Waals surface area contributed by atoms with Crippen LogP contribution in [0.15, 0.2) is 18.2 Å². The fourth-order valence-corrected chi connectivity index (χ4v) is 0.868. The molecule has 0 aliphatic carbocycles. The largest absolute Gasteiger partial charge is 0.492 e. The maximum Gasteiger partial charge on any atom is 0.126 e. The average Bonchev–Trinajstić information content (AvgIpc) is 2.11. The number of hydrogen-bond acceptors (Lipinski definition) is 2. The smallest absolute Gasteiger partial charge is 0.126 e. The van der Waals surface area contributed by atoms with Gasteiger partial charge in [-0.25, -0.2) is 4.39 Å². The van der Waals surface area contributed by atoms with E-state index in [-0.39, 0.29) is 5.82 Å². The highest BCUT2D eigenvalue weighted by molar-refractivity contribution is 6.34. The molecule has 1 aromatic carbocycles. The van der Waals surface area contributed by atoms with Crippen molar-refractivity contribution in [3.63, 3.8) is 0 Å². The summed E-state index contributed by atoms with van der Waals surface area (Å²) in [5.41, 5.74) is 0.428. The molecule has 1 aromatic rings. The van der Waals surface area contributed by atoms with Crippen molar-refractivity contribution in [2.24, 2.45) is 0 Å². The summed E-state index contributed by atoms with van der Waals surface area (Å²) in [7, 11) is 7.11. The fourth-order valence-electron chi connectivity index (χ4n) is 0.868. The first-order chi connectivity index (χ1) is 6.24. The van der Waals surface area contributed by atoms with Crippen molar-refractivity contribution in [3.8, 4) is 5.75 Å². The molecule has 4 heteroatoms. The third-order valence-corrected chi connectivity index (χ3v) is 1.52. The van der Waals surface area contributed by atoms with Crippen molar-refractivity contribution in [2.45, 2.75) is 0 Å². The predicted molar refractivity (Wildman–Crippen MR) is 49.2 cm³/mol. The first kappa shape index (κ1) is 10.1. The van der Waals surface area contributed by atoms with Gasteiger partial charge in [0.2, 0.25) is 0 Å². The molecule has 2 radical (unpaired) electrons. The summed E-state index contributed by atoms with van der Waals surface area (Å²) < 4.78 is 22.6. The van der Waals surface area contributed by atoms with Gasteiger partial charge in [-0.2, -0.15) is 0 Å². The van der Waals surface area contributed by atoms with E-state index in [1.165, 1.54) is 18.2 Å². The van der Waals surface area contributed by atoms with Crippen LogP contribution in [-0.4, -0.2) is 28.2 Å². The Morgan fingerprint density at radius 1 is 1.38 bits per heavy atom. The lowest BCUT2D eigenvalue weighted by Crippen LogP contribution is -2.12. The molecular weight excluding hydrogens is 170 g/mol. The molecule has 0 aliphatic rings. The SMILES string of the molecule is [B]c1ccc(F)cc1OCCOC. The molecule has 0 atom stereocenters. The number of benzene rings is 1. The first-order valence-corrected chi connectivity index (χ1v) is 3.91. The minimum atomic E-state index is -0.360. The standard InChI is InChI=1S/C9H10BFO2/c1-12-4-5-13-9-6-7(11)2-3-8(9)10/h2-3,6H,4-5H2,1H3. The van der Waals surface area contributed by atoms with Crippen LogP contribution in [0, 0.1) is 5.82 Å². The van der Waals surface area contributed by atoms with Crippen molar-refractivity contribution in [2.75, 3.05) is 20.3 Å². The molecule has 0 N–H and O–H groups in total. The molecule has 0 bridgehead atoms. The van der Waals surface area contributed by atoms with Gasteiger partial charge < -0.3 is 9.47 Å². The van der Waals surface area contributed by atoms with E-state index in [4.69, 9.17) is 17.3 Å². The van der Waals surface area contributed by atoms with Crippen LogP contribution in [-0.2, 0) is 4.74 Å². The van der Waals surface area contributed by atoms with E-state index in [0.717, 1.165) is 0 Å². The van der Waals surface area contributed by atoms with Crippen LogP contribution in [0.3, 0.4) is 0 Å². The summed E-state index contributed by atoms with van der Waals surface area (Å²) in [4.78, 5) is 0. The molecule has 68 valence electrons. The van der Waals surface area contributed by atoms with Crippen LogP contribution in [0.5, 0.6) is 5.75 Å². The van der Waals surface area contributed by atoms with Gasteiger partial charge in [0.15, 0.2) is 0 Å². The second-order valence-electron chi connectivity index (χ2n) is 2.52. The van der Waals surface area contributed by atoms with Crippen molar-refractivity contribution in [1.29, 1.82) is 0 Å². The van der Waals surface area contributed by atoms with Gasteiger partial charge in [0, 0.05) is 13.2 Å². The molecule has 0 heterocycles. The zero-order valence-corrected chi connectivity index (χ0v) is 7.42. The van der Waals surface area contributed by atoms with Crippen molar-refractivity contribution in [3.05, 3.63) is 24.0 Å². The number of halogens is 1. The minimum Gasteiger partial charge on any atom is -0.492 e. The van der Waals surface area contributed by atoms with Crippen molar-refractivity contribution >= 4 is 13.3 Å². The van der Waals surface area contributed by atoms with Gasteiger partial charge in [-0.15, -0.1) is 0 Å². The zero-order valence-electron chi connectivity index (χ0n) is 7.42. The van der Waals surface area contributed by atoms with Crippen LogP contribution >= 0.6 is 0 Å². The summed E-state index contributed by atoms with van der Waals surface area (Å²) >= 11 is 0. The molecule has 0 amide bonds. The molecule has 0 aliphatic heterocycles. The van der Waals surface area contributed by atoms with Gasteiger partial charge >= 0.3 is 0 Å². The van der Waals surface area contributed by atoms with Gasteiger partial charge in [0.05, 0.1) is 6.61 Å². The lowest BCUT2D eigenvalue weighted by atomic mass is 9.95. The van der Waals surface area contributed by atoms with Crippen LogP contribution in [0.2, 0.25) is 0 Å². The molecule has 1 rings (SSSR count). The average molecular weight is 180 g/mol. The van der Waals surface area contributed by atoms with E-state index in [9.17, 15) is 4.39 Å². The number of hydrogen-bond donors (Lipinski definition) is 0. The number of rotatable bonds is 4. The highest BCUT2D eigenvalue weighted by Gasteiger charge is 1.99. The lowest BCUT2D eigenvalue weighted by Gasteiger charge is -2.08. The van der Waals surface area contributed by atoms with Gasteiger partial charge in [-0.05, 0) is 6.07 Å². The summed E-state index contributed by atoms with van der Waals surface area (Å²) in [6.07, 6.45) is 0. The van der Waals surface area contributed by atoms with Gasteiger partial charge in [0.1, 0.15) is 26.0 Å². The Morgan fingerprint density at radius 3 is 2.85 bits per heavy atom. The lowest BCUT2D eigenvalue weighted by molar-refractivity contribution is 0.146. The topological polar surface area (TPSA) is 18.5 Å². The molecule has 0 spiro atoms. The first-order valence-electron chi connectivity index (χ1n) is 3.91. The normalized spacial score (nSPS) is 10.0. The highest BCUT2D eigenvalue weighted by atomic mass is 19.1. The second-order valence-corrected chi connectivity index (χ2v) is 2.52. The van der Waals surface area contributed by atoms with E-state index >= 15 is 0 Å². The highest BCUT2D eigenvalue weighted by Crippen LogP contribution is 2.08. The Morgan fingerprint density at radius 2 is 2.15 bits per heavy atom. The molecule has 0 unspecified atom stereocenters. The maximum absolute atomic E-state index is 12.7. The van der Waals surface area contributed by atoms with E-state index < -0.39 is 0 Å². The third kappa shape index (κ3) is 3.07. The van der Waals surface area contributed by atoms with Crippen LogP contribution in [0.25, 0.3) is 0 Å². The van der Waals surface area contributed by atoms with Gasteiger partial charge in [-0.1, -0.05) is 11.5 Å². The minimum absolute atomic E-state index is 0.358. The summed E-state index contributed by atoms with van der Waals surface area (Å²) in [5.74, 6) is -0.00123. The summed E-state index contributed by atoms with van der Waals surface area (Å²) in [6.45, 7) is 0.820. The van der Waals surface area contributed by atoms with E-state index in [0.29, 0.717) is 24.4 Å². The van der Waals surface area contributed by atoms with E-state index in [2.05, 4.69) is 0 Å². The van der Waals surface area contributed by atoms with Crippen molar-refractivity contribution in [1.82, 2.24) is 0 Å². The molecule has 0 fully saturated rings. The van der Waals surface area contributed by atoms with Crippen molar-refractivity contribution < 1.29 is 13.9 Å². The Balaban J connectivity index is 2.59.